The lowest BCUT2D eigenvalue weighted by molar-refractivity contribution is 0.0741. The van der Waals surface area contributed by atoms with Crippen molar-refractivity contribution in [2.75, 3.05) is 6.54 Å². The molecule has 140 valence electrons. The molecular formula is C21H19N5OS. The van der Waals surface area contributed by atoms with E-state index in [1.807, 2.05) is 58.4 Å². The number of carbonyl (C=O) groups is 1. The van der Waals surface area contributed by atoms with Crippen LogP contribution in [0.5, 0.6) is 0 Å². The van der Waals surface area contributed by atoms with Gasteiger partial charge in [-0.2, -0.15) is 5.10 Å². The number of aryl methyl sites for hydroxylation is 1. The monoisotopic (exact) mass is 389 g/mol. The molecule has 0 spiro atoms. The molecule has 1 unspecified atom stereocenters. The second-order valence-electron chi connectivity index (χ2n) is 6.80. The first-order chi connectivity index (χ1) is 13.8. The molecular weight excluding hydrogens is 370 g/mol. The fourth-order valence-electron chi connectivity index (χ4n) is 3.83. The Morgan fingerprint density at radius 2 is 2.00 bits per heavy atom. The van der Waals surface area contributed by atoms with Gasteiger partial charge in [-0.05, 0) is 17.9 Å². The molecule has 1 aliphatic heterocycles. The molecule has 1 amide bonds. The largest absolute Gasteiger partial charge is 0.337 e. The minimum Gasteiger partial charge on any atom is -0.337 e. The average molecular weight is 389 g/mol. The van der Waals surface area contributed by atoms with Crippen molar-refractivity contribution in [3.05, 3.63) is 82.7 Å². The molecule has 5 rings (SSSR count). The SMILES string of the molecule is O=C1c2[nH]nc(-c3ccccc3)c2C(c2cccs2)N1CCCn1ccnc1. The molecule has 1 aliphatic rings. The van der Waals surface area contributed by atoms with Crippen molar-refractivity contribution in [1.82, 2.24) is 24.6 Å². The van der Waals surface area contributed by atoms with Crippen LogP contribution in [-0.4, -0.2) is 37.1 Å². The van der Waals surface area contributed by atoms with E-state index in [0.717, 1.165) is 34.7 Å². The Morgan fingerprint density at radius 3 is 2.75 bits per heavy atom. The number of benzene rings is 1. The highest BCUT2D eigenvalue weighted by Gasteiger charge is 2.42. The summed E-state index contributed by atoms with van der Waals surface area (Å²) in [4.78, 5) is 20.4. The molecule has 0 radical (unpaired) electrons. The smallest absolute Gasteiger partial charge is 0.273 e. The second kappa shape index (κ2) is 7.09. The molecule has 0 saturated heterocycles. The number of carbonyl (C=O) groups excluding carboxylic acids is 1. The first-order valence-corrected chi connectivity index (χ1v) is 10.1. The average Bonchev–Trinajstić information content (AvgIpc) is 3.50. The van der Waals surface area contributed by atoms with Gasteiger partial charge in [-0.15, -0.1) is 11.3 Å². The normalized spacial score (nSPS) is 15.9. The van der Waals surface area contributed by atoms with Gasteiger partial charge in [0.05, 0.1) is 18.1 Å². The summed E-state index contributed by atoms with van der Waals surface area (Å²) in [7, 11) is 0. The van der Waals surface area contributed by atoms with Crippen molar-refractivity contribution < 1.29 is 4.79 Å². The van der Waals surface area contributed by atoms with Gasteiger partial charge in [0, 0.05) is 41.5 Å². The standard InChI is InChI=1S/C21H19N5OS/c27-21-19-17(18(23-24-19)15-6-2-1-3-7-15)20(16-8-4-13-28-16)26(21)11-5-10-25-12-9-22-14-25/h1-4,6-9,12-14,20H,5,10-11H2,(H,23,24). The van der Waals surface area contributed by atoms with Gasteiger partial charge in [0.2, 0.25) is 0 Å². The van der Waals surface area contributed by atoms with E-state index in [0.29, 0.717) is 12.2 Å². The molecule has 7 heteroatoms. The Hall–Kier alpha value is -3.19. The Balaban J connectivity index is 1.50. The van der Waals surface area contributed by atoms with Crippen LogP contribution in [0.25, 0.3) is 11.3 Å². The Morgan fingerprint density at radius 1 is 1.11 bits per heavy atom. The van der Waals surface area contributed by atoms with Gasteiger partial charge in [-0.25, -0.2) is 4.98 Å². The molecule has 1 atom stereocenters. The van der Waals surface area contributed by atoms with Crippen LogP contribution in [0, 0.1) is 0 Å². The number of imidazole rings is 1. The van der Waals surface area contributed by atoms with E-state index >= 15 is 0 Å². The van der Waals surface area contributed by atoms with Gasteiger partial charge < -0.3 is 9.47 Å². The second-order valence-corrected chi connectivity index (χ2v) is 7.78. The van der Waals surface area contributed by atoms with Crippen LogP contribution in [0.3, 0.4) is 0 Å². The Kier molecular flexibility index (Phi) is 4.29. The van der Waals surface area contributed by atoms with Crippen molar-refractivity contribution in [1.29, 1.82) is 0 Å². The summed E-state index contributed by atoms with van der Waals surface area (Å²) < 4.78 is 2.04. The number of nitrogens with one attached hydrogen (secondary N) is 1. The molecule has 4 aromatic rings. The van der Waals surface area contributed by atoms with Crippen LogP contribution >= 0.6 is 11.3 Å². The predicted molar refractivity (Wildman–Crippen MR) is 108 cm³/mol. The van der Waals surface area contributed by atoms with Crippen LogP contribution in [0.4, 0.5) is 0 Å². The highest BCUT2D eigenvalue weighted by molar-refractivity contribution is 7.10. The summed E-state index contributed by atoms with van der Waals surface area (Å²) >= 11 is 1.68. The van der Waals surface area contributed by atoms with Crippen molar-refractivity contribution >= 4 is 17.2 Å². The molecule has 0 fully saturated rings. The minimum atomic E-state index is -0.0979. The van der Waals surface area contributed by atoms with Crippen molar-refractivity contribution in [3.8, 4) is 11.3 Å². The summed E-state index contributed by atoms with van der Waals surface area (Å²) in [6, 6.07) is 14.1. The fourth-order valence-corrected chi connectivity index (χ4v) is 4.67. The lowest BCUT2D eigenvalue weighted by Crippen LogP contribution is -2.30. The lowest BCUT2D eigenvalue weighted by atomic mass is 10.0. The van der Waals surface area contributed by atoms with Crippen LogP contribution in [0.1, 0.15) is 33.4 Å². The quantitative estimate of drug-likeness (QED) is 0.543. The molecule has 0 saturated carbocycles. The molecule has 1 N–H and O–H groups in total. The third-order valence-corrected chi connectivity index (χ3v) is 6.02. The van der Waals surface area contributed by atoms with Crippen LogP contribution in [-0.2, 0) is 6.54 Å². The number of thiophene rings is 1. The number of amides is 1. The van der Waals surface area contributed by atoms with Crippen LogP contribution < -0.4 is 0 Å². The topological polar surface area (TPSA) is 66.8 Å². The van der Waals surface area contributed by atoms with Gasteiger partial charge in [0.25, 0.3) is 5.91 Å². The third-order valence-electron chi connectivity index (χ3n) is 5.10. The highest BCUT2D eigenvalue weighted by Crippen LogP contribution is 2.43. The number of aromatic amines is 1. The summed E-state index contributed by atoms with van der Waals surface area (Å²) in [5.74, 6) is 0.0220. The number of rotatable bonds is 6. The van der Waals surface area contributed by atoms with Crippen LogP contribution in [0.2, 0.25) is 0 Å². The number of fused-ring (bicyclic) bond motifs is 1. The van der Waals surface area contributed by atoms with E-state index < -0.39 is 0 Å². The summed E-state index contributed by atoms with van der Waals surface area (Å²) in [6.07, 6.45) is 6.39. The van der Waals surface area contributed by atoms with Crippen molar-refractivity contribution in [3.63, 3.8) is 0 Å². The Bertz CT molecular complexity index is 1070. The molecule has 1 aromatic carbocycles. The predicted octanol–water partition coefficient (Wildman–Crippen LogP) is 3.97. The summed E-state index contributed by atoms with van der Waals surface area (Å²) in [5, 5.41) is 9.56. The Labute approximate surface area is 166 Å². The van der Waals surface area contributed by atoms with Gasteiger partial charge in [0.15, 0.2) is 0 Å². The number of H-pyrrole nitrogens is 1. The van der Waals surface area contributed by atoms with Crippen LogP contribution in [0.15, 0.2) is 66.6 Å². The van der Waals surface area contributed by atoms with E-state index in [1.165, 1.54) is 0 Å². The van der Waals surface area contributed by atoms with E-state index in [1.54, 1.807) is 17.5 Å². The fraction of sp³-hybridized carbons (Fsp3) is 0.190. The van der Waals surface area contributed by atoms with Gasteiger partial charge >= 0.3 is 0 Å². The lowest BCUT2D eigenvalue weighted by Gasteiger charge is -2.25. The van der Waals surface area contributed by atoms with Gasteiger partial charge in [-0.3, -0.25) is 9.89 Å². The van der Waals surface area contributed by atoms with E-state index in [-0.39, 0.29) is 11.9 Å². The maximum absolute atomic E-state index is 13.2. The van der Waals surface area contributed by atoms with Gasteiger partial charge in [0.1, 0.15) is 5.69 Å². The molecule has 28 heavy (non-hydrogen) atoms. The van der Waals surface area contributed by atoms with Crippen molar-refractivity contribution in [2.45, 2.75) is 19.0 Å². The number of hydrogen-bond donors (Lipinski definition) is 1. The van der Waals surface area contributed by atoms with Crippen molar-refractivity contribution in [2.24, 2.45) is 0 Å². The zero-order chi connectivity index (χ0) is 18.9. The minimum absolute atomic E-state index is 0.0220. The third kappa shape index (κ3) is 2.84. The zero-order valence-electron chi connectivity index (χ0n) is 15.2. The first-order valence-electron chi connectivity index (χ1n) is 9.26. The zero-order valence-corrected chi connectivity index (χ0v) is 16.0. The molecule has 4 heterocycles. The molecule has 3 aromatic heterocycles. The van der Waals surface area contributed by atoms with Gasteiger partial charge in [-0.1, -0.05) is 36.4 Å². The highest BCUT2D eigenvalue weighted by atomic mass is 32.1. The summed E-state index contributed by atoms with van der Waals surface area (Å²) in [6.45, 7) is 1.51. The maximum atomic E-state index is 13.2. The number of aromatic nitrogens is 4. The number of hydrogen-bond acceptors (Lipinski definition) is 4. The van der Waals surface area contributed by atoms with E-state index in [4.69, 9.17) is 0 Å². The first kappa shape index (κ1) is 16.9. The molecule has 6 nitrogen and oxygen atoms in total. The maximum Gasteiger partial charge on any atom is 0.273 e. The summed E-state index contributed by atoms with van der Waals surface area (Å²) in [5.41, 5.74) is 3.48. The molecule has 0 bridgehead atoms. The van der Waals surface area contributed by atoms with E-state index in [9.17, 15) is 4.79 Å². The van der Waals surface area contributed by atoms with E-state index in [2.05, 4.69) is 26.6 Å². The number of nitrogens with zero attached hydrogens (tertiary/aromatic N) is 4. The molecule has 0 aliphatic carbocycles.